The highest BCUT2D eigenvalue weighted by Gasteiger charge is 2.37. The molecule has 0 spiro atoms. The van der Waals surface area contributed by atoms with Crippen LogP contribution in [0.3, 0.4) is 0 Å². The number of para-hydroxylation sites is 3. The van der Waals surface area contributed by atoms with Crippen LogP contribution in [0.5, 0.6) is 11.5 Å². The molecule has 2 aliphatic rings. The number of fused-ring (bicyclic) bond motifs is 1. The van der Waals surface area contributed by atoms with Crippen molar-refractivity contribution in [2.24, 2.45) is 0 Å². The van der Waals surface area contributed by atoms with E-state index in [0.29, 0.717) is 29.4 Å². The van der Waals surface area contributed by atoms with E-state index in [1.807, 2.05) is 66.7 Å². The third-order valence-corrected chi connectivity index (χ3v) is 6.74. The van der Waals surface area contributed by atoms with Gasteiger partial charge in [0.25, 0.3) is 0 Å². The minimum absolute atomic E-state index is 0.00978. The maximum Gasteiger partial charge on any atom is 0.166 e. The molecule has 3 aromatic rings. The summed E-state index contributed by atoms with van der Waals surface area (Å²) < 4.78 is 11.3. The fraction of sp³-hybridized carbons (Fsp3) is 0.222. The Morgan fingerprint density at radius 2 is 1.58 bits per heavy atom. The van der Waals surface area contributed by atoms with E-state index < -0.39 is 0 Å². The second-order valence-corrected chi connectivity index (χ2v) is 8.68. The zero-order valence-electron chi connectivity index (χ0n) is 18.5. The van der Waals surface area contributed by atoms with Crippen LogP contribution in [0.15, 0.2) is 78.0 Å². The number of hydrogen-bond donors (Lipinski definition) is 2. The molecule has 0 unspecified atom stereocenters. The number of Topliss-reactive ketones (excluding diaryl/α,β-unsaturated/α-hetero) is 1. The Morgan fingerprint density at radius 1 is 0.848 bits per heavy atom. The number of carbonyl (C=O) groups excluding carboxylic acids is 1. The van der Waals surface area contributed by atoms with Gasteiger partial charge in [-0.25, -0.2) is 0 Å². The van der Waals surface area contributed by atoms with Crippen molar-refractivity contribution in [2.45, 2.75) is 24.8 Å². The minimum Gasteiger partial charge on any atom is -0.493 e. The van der Waals surface area contributed by atoms with Crippen LogP contribution in [0.25, 0.3) is 0 Å². The second-order valence-electron chi connectivity index (χ2n) is 8.27. The van der Waals surface area contributed by atoms with Crippen molar-refractivity contribution in [2.75, 3.05) is 24.9 Å². The molecule has 33 heavy (non-hydrogen) atoms. The first-order chi connectivity index (χ1) is 16.1. The normalized spacial score (nSPS) is 19.5. The summed E-state index contributed by atoms with van der Waals surface area (Å²) in [5.74, 6) is 1.34. The Hall–Kier alpha value is -3.44. The first-order valence-corrected chi connectivity index (χ1v) is 11.3. The predicted molar refractivity (Wildman–Crippen MR) is 131 cm³/mol. The number of allylic oxidation sites excluding steroid dienone is 1. The zero-order valence-corrected chi connectivity index (χ0v) is 19.3. The molecule has 0 saturated heterocycles. The molecule has 5 nitrogen and oxygen atoms in total. The summed E-state index contributed by atoms with van der Waals surface area (Å²) in [7, 11) is 3.24. The fourth-order valence-corrected chi connectivity index (χ4v) is 5.18. The van der Waals surface area contributed by atoms with Gasteiger partial charge in [0.05, 0.1) is 31.6 Å². The van der Waals surface area contributed by atoms with Gasteiger partial charge < -0.3 is 20.1 Å². The average Bonchev–Trinajstić information content (AvgIpc) is 3.00. The number of hydrogen-bond acceptors (Lipinski definition) is 5. The van der Waals surface area contributed by atoms with Crippen molar-refractivity contribution in [1.29, 1.82) is 0 Å². The number of ketones is 1. The lowest BCUT2D eigenvalue weighted by atomic mass is 9.78. The topological polar surface area (TPSA) is 59.6 Å². The summed E-state index contributed by atoms with van der Waals surface area (Å²) in [6, 6.07) is 21.1. The van der Waals surface area contributed by atoms with Crippen LogP contribution < -0.4 is 20.1 Å². The molecule has 3 aromatic carbocycles. The van der Waals surface area contributed by atoms with Gasteiger partial charge in [0, 0.05) is 28.3 Å². The number of anilines is 2. The highest BCUT2D eigenvalue weighted by molar-refractivity contribution is 6.31. The van der Waals surface area contributed by atoms with E-state index in [1.54, 1.807) is 14.2 Å². The summed E-state index contributed by atoms with van der Waals surface area (Å²) >= 11 is 6.50. The Bertz CT molecular complexity index is 1250. The lowest BCUT2D eigenvalue weighted by Crippen LogP contribution is -2.27. The Labute approximate surface area is 198 Å². The van der Waals surface area contributed by atoms with Crippen LogP contribution in [-0.4, -0.2) is 20.0 Å². The lowest BCUT2D eigenvalue weighted by Gasteiger charge is -2.31. The number of nitrogens with one attached hydrogen (secondary N) is 2. The SMILES string of the molecule is COc1cccc([C@@H]2Nc3ccccc3NC3=C2C(=O)C[C@H](c2ccccc2Cl)C3)c1OC. The van der Waals surface area contributed by atoms with Gasteiger partial charge in [0.2, 0.25) is 0 Å². The summed E-state index contributed by atoms with van der Waals surface area (Å²) in [5, 5.41) is 7.84. The van der Waals surface area contributed by atoms with E-state index in [2.05, 4.69) is 10.6 Å². The molecule has 1 aliphatic heterocycles. The largest absolute Gasteiger partial charge is 0.493 e. The van der Waals surface area contributed by atoms with Crippen LogP contribution in [0.4, 0.5) is 11.4 Å². The lowest BCUT2D eigenvalue weighted by molar-refractivity contribution is -0.116. The second kappa shape index (κ2) is 8.83. The van der Waals surface area contributed by atoms with Crippen molar-refractivity contribution in [3.63, 3.8) is 0 Å². The van der Waals surface area contributed by atoms with Crippen LogP contribution >= 0.6 is 11.6 Å². The number of rotatable bonds is 4. The van der Waals surface area contributed by atoms with Gasteiger partial charge in [-0.05, 0) is 42.2 Å². The smallest absolute Gasteiger partial charge is 0.166 e. The molecule has 0 aromatic heterocycles. The molecule has 1 heterocycles. The maximum atomic E-state index is 13.7. The van der Waals surface area contributed by atoms with Crippen LogP contribution in [-0.2, 0) is 4.79 Å². The number of carbonyl (C=O) groups is 1. The first kappa shape index (κ1) is 21.4. The highest BCUT2D eigenvalue weighted by atomic mass is 35.5. The van der Waals surface area contributed by atoms with Gasteiger partial charge in [0.15, 0.2) is 17.3 Å². The highest BCUT2D eigenvalue weighted by Crippen LogP contribution is 2.47. The Balaban J connectivity index is 1.66. The van der Waals surface area contributed by atoms with Crippen LogP contribution in [0.1, 0.15) is 35.9 Å². The van der Waals surface area contributed by atoms with Crippen LogP contribution in [0, 0.1) is 0 Å². The Morgan fingerprint density at radius 3 is 2.33 bits per heavy atom. The van der Waals surface area contributed by atoms with E-state index >= 15 is 0 Å². The molecule has 0 fully saturated rings. The summed E-state index contributed by atoms with van der Waals surface area (Å²) in [5.41, 5.74) is 5.34. The first-order valence-electron chi connectivity index (χ1n) is 10.9. The number of ether oxygens (including phenoxy) is 2. The van der Waals surface area contributed by atoms with E-state index in [0.717, 1.165) is 33.8 Å². The van der Waals surface area contributed by atoms with Gasteiger partial charge in [-0.1, -0.05) is 54.1 Å². The third kappa shape index (κ3) is 3.83. The van der Waals surface area contributed by atoms with E-state index in [9.17, 15) is 4.79 Å². The molecular weight excluding hydrogens is 436 g/mol. The van der Waals surface area contributed by atoms with Crippen LogP contribution in [0.2, 0.25) is 5.02 Å². The molecule has 1 aliphatic carbocycles. The molecule has 0 amide bonds. The van der Waals surface area contributed by atoms with Crippen molar-refractivity contribution in [3.05, 3.63) is 94.1 Å². The molecule has 2 N–H and O–H groups in total. The molecule has 2 atom stereocenters. The monoisotopic (exact) mass is 460 g/mol. The van der Waals surface area contributed by atoms with Gasteiger partial charge in [-0.2, -0.15) is 0 Å². The summed E-state index contributed by atoms with van der Waals surface area (Å²) in [6.45, 7) is 0. The third-order valence-electron chi connectivity index (χ3n) is 6.40. The maximum absolute atomic E-state index is 13.7. The quantitative estimate of drug-likeness (QED) is 0.476. The molecule has 0 saturated carbocycles. The van der Waals surface area contributed by atoms with E-state index in [1.165, 1.54) is 0 Å². The fourth-order valence-electron chi connectivity index (χ4n) is 4.89. The number of halogens is 1. The van der Waals surface area contributed by atoms with Crippen molar-refractivity contribution in [1.82, 2.24) is 0 Å². The molecule has 5 rings (SSSR count). The van der Waals surface area contributed by atoms with Gasteiger partial charge >= 0.3 is 0 Å². The molecule has 0 bridgehead atoms. The minimum atomic E-state index is -0.388. The zero-order chi connectivity index (χ0) is 22.9. The van der Waals surface area contributed by atoms with E-state index in [-0.39, 0.29) is 17.7 Å². The number of benzene rings is 3. The number of methoxy groups -OCH3 is 2. The van der Waals surface area contributed by atoms with Gasteiger partial charge in [-0.3, -0.25) is 4.79 Å². The molecular formula is C27H25ClN2O3. The standard InChI is InChI=1S/C27H25ClN2O3/c1-32-24-13-7-9-18(27(24)33-2)26-25-22(29-20-11-5-6-12-21(20)30-26)14-16(15-23(25)31)17-8-3-4-10-19(17)28/h3-13,16,26,29-30H,14-15H2,1-2H3/t16-,26+/m1/s1. The Kier molecular flexibility index (Phi) is 5.73. The predicted octanol–water partition coefficient (Wildman–Crippen LogP) is 6.34. The molecule has 0 radical (unpaired) electrons. The molecule has 168 valence electrons. The van der Waals surface area contributed by atoms with Crippen molar-refractivity contribution >= 4 is 28.8 Å². The van der Waals surface area contributed by atoms with Crippen molar-refractivity contribution in [3.8, 4) is 11.5 Å². The molecule has 6 heteroatoms. The van der Waals surface area contributed by atoms with Gasteiger partial charge in [0.1, 0.15) is 0 Å². The summed E-state index contributed by atoms with van der Waals surface area (Å²) in [4.78, 5) is 13.7. The summed E-state index contributed by atoms with van der Waals surface area (Å²) in [6.07, 6.45) is 1.08. The van der Waals surface area contributed by atoms with Gasteiger partial charge in [-0.15, -0.1) is 0 Å². The van der Waals surface area contributed by atoms with Crippen molar-refractivity contribution < 1.29 is 14.3 Å². The average molecular weight is 461 g/mol. The van der Waals surface area contributed by atoms with E-state index in [4.69, 9.17) is 21.1 Å².